The quantitative estimate of drug-likeness (QED) is 0.152. The van der Waals surface area contributed by atoms with Crippen LogP contribution in [0, 0.1) is 28.7 Å². The SMILES string of the molecule is Cc1cc2c3cccc4c3c(cc2[c-]1[Si](C)(C)[c-]1c(C)cc2c3cccc5c3c(cc21)CC5)CC4.[CH3-].[CH3-].[Ti+4]. The fourth-order valence-electron chi connectivity index (χ4n) is 8.21. The molecule has 0 radical (unpaired) electrons. The summed E-state index contributed by atoms with van der Waals surface area (Å²) >= 11 is 0. The van der Waals surface area contributed by atoms with Crippen molar-refractivity contribution >= 4 is 61.5 Å². The zero-order valence-corrected chi connectivity index (χ0v) is 26.2. The molecule has 6 aromatic rings. The van der Waals surface area contributed by atoms with Gasteiger partial charge in [-0.15, -0.1) is 55.2 Å². The smallest absolute Gasteiger partial charge is 0.358 e. The molecule has 0 fully saturated rings. The first-order valence-corrected chi connectivity index (χ1v) is 16.2. The molecule has 0 atom stereocenters. The first kappa shape index (κ1) is 27.1. The van der Waals surface area contributed by atoms with Gasteiger partial charge in [-0.25, -0.2) is 0 Å². The maximum Gasteiger partial charge on any atom is 4.00 e. The van der Waals surface area contributed by atoms with Crippen LogP contribution in [0.4, 0.5) is 0 Å². The molecule has 2 aliphatic rings. The third-order valence-electron chi connectivity index (χ3n) is 9.37. The molecule has 0 spiro atoms. The van der Waals surface area contributed by atoms with Crippen molar-refractivity contribution in [3.8, 4) is 0 Å². The normalized spacial score (nSPS) is 13.8. The largest absolute Gasteiger partial charge is 4.00 e. The second-order valence-electron chi connectivity index (χ2n) is 11.7. The topological polar surface area (TPSA) is 0 Å². The van der Waals surface area contributed by atoms with Crippen LogP contribution in [0.3, 0.4) is 0 Å². The average molecular weight is 545 g/mol. The first-order chi connectivity index (χ1) is 16.9. The van der Waals surface area contributed by atoms with Crippen molar-refractivity contribution in [2.45, 2.75) is 52.6 Å². The molecule has 0 bridgehead atoms. The minimum Gasteiger partial charge on any atom is -0.358 e. The molecule has 0 nitrogen and oxygen atoms in total. The van der Waals surface area contributed by atoms with Crippen molar-refractivity contribution in [1.29, 1.82) is 0 Å². The van der Waals surface area contributed by atoms with Gasteiger partial charge in [-0.2, -0.15) is 12.1 Å². The maximum atomic E-state index is 2.61. The fourth-order valence-corrected chi connectivity index (χ4v) is 12.3. The predicted octanol–water partition coefficient (Wildman–Crippen LogP) is 8.27. The van der Waals surface area contributed by atoms with Gasteiger partial charge >= 0.3 is 21.7 Å². The Morgan fingerprint density at radius 2 is 0.947 bits per heavy atom. The molecule has 8 rings (SSSR count). The number of fused-ring (bicyclic) bond motifs is 4. The minimum atomic E-state index is -1.98. The fraction of sp³-hybridized carbons (Fsp3) is 0.222. The average Bonchev–Trinajstić information content (AvgIpc) is 3.59. The maximum absolute atomic E-state index is 2.61. The van der Waals surface area contributed by atoms with E-state index in [1.54, 1.807) is 32.6 Å². The van der Waals surface area contributed by atoms with Crippen LogP contribution in [0.1, 0.15) is 33.4 Å². The number of rotatable bonds is 2. The number of hydrogen-bond acceptors (Lipinski definition) is 0. The van der Waals surface area contributed by atoms with Gasteiger partial charge in [0.1, 0.15) is 0 Å². The zero-order chi connectivity index (χ0) is 23.6. The predicted molar refractivity (Wildman–Crippen MR) is 168 cm³/mol. The van der Waals surface area contributed by atoms with Gasteiger partial charge in [0.2, 0.25) is 0 Å². The first-order valence-electron chi connectivity index (χ1n) is 13.2. The Bertz CT molecular complexity index is 1750. The Balaban J connectivity index is 0.000000980. The summed E-state index contributed by atoms with van der Waals surface area (Å²) in [5, 5.41) is 15.3. The Kier molecular flexibility index (Phi) is 6.46. The van der Waals surface area contributed by atoms with E-state index < -0.39 is 8.07 Å². The van der Waals surface area contributed by atoms with E-state index in [0.717, 1.165) is 0 Å². The molecule has 0 heterocycles. The summed E-state index contributed by atoms with van der Waals surface area (Å²) < 4.78 is 0. The summed E-state index contributed by atoms with van der Waals surface area (Å²) in [7, 11) is -1.98. The van der Waals surface area contributed by atoms with Crippen molar-refractivity contribution in [3.63, 3.8) is 0 Å². The third kappa shape index (κ3) is 3.32. The zero-order valence-electron chi connectivity index (χ0n) is 23.6. The summed E-state index contributed by atoms with van der Waals surface area (Å²) in [4.78, 5) is 0. The van der Waals surface area contributed by atoms with Crippen LogP contribution in [-0.2, 0) is 47.4 Å². The number of aryl methyl sites for hydroxylation is 6. The summed E-state index contributed by atoms with van der Waals surface area (Å²) in [6, 6.07) is 24.1. The van der Waals surface area contributed by atoms with Crippen LogP contribution in [0.5, 0.6) is 0 Å². The molecular formula is C36H36SiTi. The third-order valence-corrected chi connectivity index (χ3v) is 13.2. The molecule has 0 aliphatic heterocycles. The summed E-state index contributed by atoms with van der Waals surface area (Å²) in [5.41, 5.74) is 9.19. The van der Waals surface area contributed by atoms with Crippen LogP contribution in [-0.4, -0.2) is 8.07 Å². The molecule has 0 amide bonds. The molecule has 0 saturated heterocycles. The second kappa shape index (κ2) is 9.05. The van der Waals surface area contributed by atoms with E-state index in [0.29, 0.717) is 0 Å². The molecule has 0 saturated carbocycles. The minimum absolute atomic E-state index is 0. The van der Waals surface area contributed by atoms with Gasteiger partial charge in [0.15, 0.2) is 0 Å². The Morgan fingerprint density at radius 3 is 1.37 bits per heavy atom. The Labute approximate surface area is 243 Å². The van der Waals surface area contributed by atoms with E-state index in [4.69, 9.17) is 0 Å². The standard InChI is InChI=1S/C34H30Si.2CH3.Ti/c1-19-15-27-25-9-5-7-21-11-13-23(31(21)25)17-29(27)33(19)35(3,4)34-20(2)16-28-26-10-6-8-22-12-14-24(32(22)26)18-30(28)34;;;/h5-10,15-18H,11-14H2,1-4H3;2*1H3;/q-2;2*-1;+4. The van der Waals surface area contributed by atoms with E-state index in [2.05, 4.69) is 87.6 Å². The number of benzene rings is 4. The molecule has 0 N–H and O–H groups in total. The Morgan fingerprint density at radius 1 is 0.553 bits per heavy atom. The van der Waals surface area contributed by atoms with Crippen molar-refractivity contribution in [1.82, 2.24) is 0 Å². The van der Waals surface area contributed by atoms with Gasteiger partial charge < -0.3 is 14.9 Å². The summed E-state index contributed by atoms with van der Waals surface area (Å²) in [6.45, 7) is 9.95. The van der Waals surface area contributed by atoms with E-state index >= 15 is 0 Å². The second-order valence-corrected chi connectivity index (χ2v) is 16.0. The molecule has 2 heteroatoms. The summed E-state index contributed by atoms with van der Waals surface area (Å²) in [6.07, 6.45) is 4.76. The molecule has 0 unspecified atom stereocenters. The van der Waals surface area contributed by atoms with E-state index in [1.807, 2.05) is 0 Å². The van der Waals surface area contributed by atoms with Gasteiger partial charge in [-0.05, 0) is 47.6 Å². The van der Waals surface area contributed by atoms with Crippen LogP contribution in [0.25, 0.3) is 43.1 Å². The van der Waals surface area contributed by atoms with E-state index in [1.165, 1.54) is 79.9 Å². The summed E-state index contributed by atoms with van der Waals surface area (Å²) in [5.74, 6) is 0. The van der Waals surface area contributed by atoms with Gasteiger partial charge in [0, 0.05) is 8.07 Å². The molecule has 6 aromatic carbocycles. The van der Waals surface area contributed by atoms with E-state index in [-0.39, 0.29) is 36.6 Å². The van der Waals surface area contributed by atoms with Crippen molar-refractivity contribution in [2.75, 3.05) is 0 Å². The van der Waals surface area contributed by atoms with Crippen LogP contribution in [0.15, 0.2) is 60.7 Å². The van der Waals surface area contributed by atoms with Crippen molar-refractivity contribution in [2.24, 2.45) is 0 Å². The van der Waals surface area contributed by atoms with Gasteiger partial charge in [0.05, 0.1) is 0 Å². The van der Waals surface area contributed by atoms with Crippen LogP contribution >= 0.6 is 0 Å². The molecular weight excluding hydrogens is 508 g/mol. The van der Waals surface area contributed by atoms with E-state index in [9.17, 15) is 0 Å². The van der Waals surface area contributed by atoms with Gasteiger partial charge in [0.25, 0.3) is 0 Å². The van der Waals surface area contributed by atoms with Gasteiger partial charge in [-0.3, -0.25) is 0 Å². The Hall–Kier alpha value is -2.45. The number of hydrogen-bond donors (Lipinski definition) is 0. The van der Waals surface area contributed by atoms with Gasteiger partial charge in [-0.1, -0.05) is 85.2 Å². The monoisotopic (exact) mass is 544 g/mol. The molecule has 0 aromatic heterocycles. The van der Waals surface area contributed by atoms with Crippen molar-refractivity contribution < 1.29 is 21.7 Å². The van der Waals surface area contributed by atoms with Crippen LogP contribution in [0.2, 0.25) is 13.1 Å². The van der Waals surface area contributed by atoms with Crippen molar-refractivity contribution in [3.05, 3.63) is 109 Å². The molecule has 188 valence electrons. The molecule has 38 heavy (non-hydrogen) atoms. The molecule has 2 aliphatic carbocycles. The van der Waals surface area contributed by atoms with Crippen LogP contribution < -0.4 is 10.4 Å².